The van der Waals surface area contributed by atoms with Gasteiger partial charge in [-0.25, -0.2) is 0 Å². The summed E-state index contributed by atoms with van der Waals surface area (Å²) in [6, 6.07) is 15.4. The molecule has 0 bridgehead atoms. The summed E-state index contributed by atoms with van der Waals surface area (Å²) >= 11 is 12.4. The Labute approximate surface area is 188 Å². The first kappa shape index (κ1) is 19.6. The molecular formula is C23H16Cl2N4O2. The monoisotopic (exact) mass is 450 g/mol. The molecule has 2 aromatic heterocycles. The zero-order chi connectivity index (χ0) is 21.5. The third-order valence-electron chi connectivity index (χ3n) is 5.32. The fourth-order valence-corrected chi connectivity index (χ4v) is 4.35. The number of carbonyl (C=O) groups is 1. The Morgan fingerprint density at radius 1 is 1.06 bits per heavy atom. The quantitative estimate of drug-likeness (QED) is 0.445. The molecule has 0 saturated heterocycles. The predicted molar refractivity (Wildman–Crippen MR) is 118 cm³/mol. The number of nitrogens with zero attached hydrogens (tertiary/aromatic N) is 3. The number of halogens is 2. The van der Waals surface area contributed by atoms with E-state index in [0.717, 1.165) is 11.1 Å². The van der Waals surface area contributed by atoms with Crippen LogP contribution in [0.25, 0.3) is 11.3 Å². The highest BCUT2D eigenvalue weighted by molar-refractivity contribution is 6.31. The molecule has 31 heavy (non-hydrogen) atoms. The van der Waals surface area contributed by atoms with E-state index in [4.69, 9.17) is 23.2 Å². The second-order valence-corrected chi connectivity index (χ2v) is 8.15. The van der Waals surface area contributed by atoms with E-state index in [9.17, 15) is 9.90 Å². The van der Waals surface area contributed by atoms with Crippen molar-refractivity contribution in [3.63, 3.8) is 0 Å². The maximum absolute atomic E-state index is 13.4. The van der Waals surface area contributed by atoms with Gasteiger partial charge in [0, 0.05) is 40.1 Å². The molecule has 5 rings (SSSR count). The molecule has 1 aliphatic heterocycles. The van der Waals surface area contributed by atoms with Crippen molar-refractivity contribution >= 4 is 29.1 Å². The van der Waals surface area contributed by atoms with E-state index in [1.165, 1.54) is 6.07 Å². The molecular weight excluding hydrogens is 435 g/mol. The zero-order valence-corrected chi connectivity index (χ0v) is 17.6. The molecule has 0 saturated carbocycles. The van der Waals surface area contributed by atoms with Crippen LogP contribution < -0.4 is 0 Å². The maximum Gasteiger partial charge on any atom is 0.273 e. The van der Waals surface area contributed by atoms with Crippen LogP contribution in [0.15, 0.2) is 67.0 Å². The van der Waals surface area contributed by atoms with E-state index in [1.54, 1.807) is 35.5 Å². The minimum Gasteiger partial charge on any atom is -0.507 e. The molecule has 0 radical (unpaired) electrons. The van der Waals surface area contributed by atoms with Gasteiger partial charge in [-0.2, -0.15) is 5.10 Å². The summed E-state index contributed by atoms with van der Waals surface area (Å²) in [5, 5.41) is 18.7. The van der Waals surface area contributed by atoms with Gasteiger partial charge in [-0.3, -0.25) is 14.9 Å². The first-order valence-corrected chi connectivity index (χ1v) is 10.3. The van der Waals surface area contributed by atoms with Crippen molar-refractivity contribution in [1.82, 2.24) is 20.1 Å². The number of phenols is 1. The highest BCUT2D eigenvalue weighted by Crippen LogP contribution is 2.45. The van der Waals surface area contributed by atoms with Gasteiger partial charge in [-0.05, 0) is 47.5 Å². The zero-order valence-electron chi connectivity index (χ0n) is 16.1. The minimum absolute atomic E-state index is 0.0294. The van der Waals surface area contributed by atoms with Crippen molar-refractivity contribution in [2.75, 3.05) is 0 Å². The van der Waals surface area contributed by atoms with Crippen molar-refractivity contribution in [2.24, 2.45) is 0 Å². The Morgan fingerprint density at radius 2 is 1.90 bits per heavy atom. The van der Waals surface area contributed by atoms with Crippen LogP contribution >= 0.6 is 23.2 Å². The third-order valence-corrected chi connectivity index (χ3v) is 5.79. The number of nitrogens with one attached hydrogen (secondary N) is 1. The second kappa shape index (κ2) is 7.72. The second-order valence-electron chi connectivity index (χ2n) is 7.27. The number of carbonyl (C=O) groups excluding carboxylic acids is 1. The minimum atomic E-state index is -0.450. The van der Waals surface area contributed by atoms with Gasteiger partial charge in [0.2, 0.25) is 0 Å². The summed E-state index contributed by atoms with van der Waals surface area (Å²) < 4.78 is 0. The summed E-state index contributed by atoms with van der Waals surface area (Å²) in [6.45, 7) is 0.355. The molecule has 154 valence electrons. The largest absolute Gasteiger partial charge is 0.507 e. The smallest absolute Gasteiger partial charge is 0.273 e. The lowest BCUT2D eigenvalue weighted by Gasteiger charge is -2.26. The molecule has 3 heterocycles. The molecule has 6 nitrogen and oxygen atoms in total. The lowest BCUT2D eigenvalue weighted by Crippen LogP contribution is -2.29. The molecule has 1 unspecified atom stereocenters. The van der Waals surface area contributed by atoms with Crippen molar-refractivity contribution in [1.29, 1.82) is 0 Å². The van der Waals surface area contributed by atoms with Gasteiger partial charge in [0.05, 0.1) is 6.04 Å². The molecule has 2 N–H and O–H groups in total. The van der Waals surface area contributed by atoms with E-state index in [-0.39, 0.29) is 11.7 Å². The number of fused-ring (bicyclic) bond motifs is 1. The van der Waals surface area contributed by atoms with Crippen molar-refractivity contribution in [2.45, 2.75) is 12.6 Å². The van der Waals surface area contributed by atoms with Gasteiger partial charge in [0.1, 0.15) is 17.1 Å². The molecule has 1 atom stereocenters. The van der Waals surface area contributed by atoms with E-state index in [1.807, 2.05) is 30.3 Å². The van der Waals surface area contributed by atoms with Crippen molar-refractivity contribution < 1.29 is 9.90 Å². The van der Waals surface area contributed by atoms with Crippen LogP contribution in [-0.2, 0) is 6.54 Å². The van der Waals surface area contributed by atoms with Gasteiger partial charge in [-0.1, -0.05) is 41.4 Å². The summed E-state index contributed by atoms with van der Waals surface area (Å²) in [6.07, 6.45) is 3.42. The number of rotatable bonds is 4. The normalized spacial score (nSPS) is 15.4. The Kier molecular flexibility index (Phi) is 4.88. The topological polar surface area (TPSA) is 82.1 Å². The lowest BCUT2D eigenvalue weighted by molar-refractivity contribution is 0.0730. The number of phenolic OH excluding ortho intramolecular Hbond substituents is 1. The van der Waals surface area contributed by atoms with Crippen molar-refractivity contribution in [3.05, 3.63) is 99.4 Å². The van der Waals surface area contributed by atoms with E-state index < -0.39 is 6.04 Å². The predicted octanol–water partition coefficient (Wildman–Crippen LogP) is 5.23. The Bertz CT molecular complexity index is 1290. The lowest BCUT2D eigenvalue weighted by atomic mass is 9.95. The molecule has 0 spiro atoms. The summed E-state index contributed by atoms with van der Waals surface area (Å²) in [7, 11) is 0. The van der Waals surface area contributed by atoms with Crippen LogP contribution in [0.2, 0.25) is 10.0 Å². The number of pyridine rings is 1. The molecule has 1 amide bonds. The van der Waals surface area contributed by atoms with E-state index in [2.05, 4.69) is 15.2 Å². The number of aromatic hydroxyl groups is 1. The molecule has 8 heteroatoms. The number of benzene rings is 2. The highest BCUT2D eigenvalue weighted by Gasteiger charge is 2.42. The van der Waals surface area contributed by atoms with Gasteiger partial charge >= 0.3 is 0 Å². The summed E-state index contributed by atoms with van der Waals surface area (Å²) in [5.41, 5.74) is 3.72. The first-order valence-electron chi connectivity index (χ1n) is 9.55. The van der Waals surface area contributed by atoms with Crippen LogP contribution in [-0.4, -0.2) is 31.1 Å². The fourth-order valence-electron chi connectivity index (χ4n) is 3.97. The van der Waals surface area contributed by atoms with Gasteiger partial charge in [-0.15, -0.1) is 0 Å². The Balaban J connectivity index is 1.69. The Hall–Kier alpha value is -3.35. The maximum atomic E-state index is 13.4. The number of aromatic nitrogens is 3. The number of hydrogen-bond donors (Lipinski definition) is 2. The fraction of sp³-hybridized carbons (Fsp3) is 0.0870. The standard InChI is InChI=1S/C23H16Cl2N4O2/c24-15-5-1-4-14(9-15)22-19-20(17-10-16(25)6-7-18(17)30)27-28-21(19)23(31)29(22)12-13-3-2-8-26-11-13/h1-11,22,30H,12H2,(H,27,28). The summed E-state index contributed by atoms with van der Waals surface area (Å²) in [5.74, 6) is -0.161. The Morgan fingerprint density at radius 3 is 2.68 bits per heavy atom. The number of aromatic amines is 1. The highest BCUT2D eigenvalue weighted by atomic mass is 35.5. The number of H-pyrrole nitrogens is 1. The van der Waals surface area contributed by atoms with Gasteiger partial charge < -0.3 is 10.0 Å². The summed E-state index contributed by atoms with van der Waals surface area (Å²) in [4.78, 5) is 19.3. The van der Waals surface area contributed by atoms with Crippen molar-refractivity contribution in [3.8, 4) is 17.0 Å². The average Bonchev–Trinajstić information content (AvgIpc) is 3.30. The molecule has 0 aliphatic carbocycles. The first-order chi connectivity index (χ1) is 15.0. The van der Waals surface area contributed by atoms with E-state index in [0.29, 0.717) is 39.1 Å². The number of amides is 1. The molecule has 2 aromatic carbocycles. The SMILES string of the molecule is O=C1c2[nH]nc(-c3cc(Cl)ccc3O)c2C(c2cccc(Cl)c2)N1Cc1cccnc1. The van der Waals surface area contributed by atoms with E-state index >= 15 is 0 Å². The molecule has 0 fully saturated rings. The number of hydrogen-bond acceptors (Lipinski definition) is 4. The van der Waals surface area contributed by atoms with Crippen LogP contribution in [0.3, 0.4) is 0 Å². The van der Waals surface area contributed by atoms with Crippen LogP contribution in [0.1, 0.15) is 33.2 Å². The average molecular weight is 451 g/mol. The molecule has 1 aliphatic rings. The third kappa shape index (κ3) is 3.44. The van der Waals surface area contributed by atoms with Crippen LogP contribution in [0.5, 0.6) is 5.75 Å². The van der Waals surface area contributed by atoms with Crippen LogP contribution in [0.4, 0.5) is 0 Å². The molecule has 4 aromatic rings. The van der Waals surface area contributed by atoms with Crippen LogP contribution in [0, 0.1) is 0 Å². The van der Waals surface area contributed by atoms with Gasteiger partial charge in [0.15, 0.2) is 0 Å². The van der Waals surface area contributed by atoms with Gasteiger partial charge in [0.25, 0.3) is 5.91 Å².